The molecular weight excluding hydrogens is 318 g/mol. The first kappa shape index (κ1) is 16.8. The van der Waals surface area contributed by atoms with E-state index in [0.717, 1.165) is 25.7 Å². The van der Waals surface area contributed by atoms with Crippen molar-refractivity contribution in [1.82, 2.24) is 5.32 Å². The van der Waals surface area contributed by atoms with Gasteiger partial charge in [-0.2, -0.15) is 0 Å². The van der Waals surface area contributed by atoms with Gasteiger partial charge in [0, 0.05) is 13.0 Å². The minimum atomic E-state index is 0.0242. The third-order valence-electron chi connectivity index (χ3n) is 5.10. The molecule has 26 heavy (non-hydrogen) atoms. The predicted molar refractivity (Wildman–Crippen MR) is 110 cm³/mol. The first-order valence-corrected chi connectivity index (χ1v) is 9.33. The van der Waals surface area contributed by atoms with E-state index >= 15 is 0 Å². The second-order valence-electron chi connectivity index (χ2n) is 6.82. The van der Waals surface area contributed by atoms with Crippen molar-refractivity contribution in [3.8, 4) is 0 Å². The summed E-state index contributed by atoms with van der Waals surface area (Å²) in [6.07, 6.45) is 5.20. The van der Waals surface area contributed by atoms with Gasteiger partial charge in [0.05, 0.1) is 0 Å². The number of amides is 1. The van der Waals surface area contributed by atoms with Gasteiger partial charge in [0.25, 0.3) is 0 Å². The average molecular weight is 341 g/mol. The molecule has 0 aliphatic carbocycles. The summed E-state index contributed by atoms with van der Waals surface area (Å²) < 4.78 is 0. The summed E-state index contributed by atoms with van der Waals surface area (Å²) >= 11 is 0. The van der Waals surface area contributed by atoms with Gasteiger partial charge in [-0.3, -0.25) is 4.79 Å². The fraction of sp³-hybridized carbons (Fsp3) is 0.208. The molecule has 2 heteroatoms. The van der Waals surface area contributed by atoms with Crippen LogP contribution in [0.4, 0.5) is 0 Å². The van der Waals surface area contributed by atoms with Crippen LogP contribution in [0.25, 0.3) is 32.3 Å². The van der Waals surface area contributed by atoms with Gasteiger partial charge in [-0.1, -0.05) is 74.4 Å². The summed E-state index contributed by atoms with van der Waals surface area (Å²) in [6.45, 7) is 4.45. The van der Waals surface area contributed by atoms with Crippen molar-refractivity contribution in [1.29, 1.82) is 0 Å². The maximum absolute atomic E-state index is 11.9. The molecule has 0 spiro atoms. The van der Waals surface area contributed by atoms with E-state index in [2.05, 4.69) is 66.8 Å². The van der Waals surface area contributed by atoms with Crippen LogP contribution in [-0.2, 0) is 11.2 Å². The third kappa shape index (κ3) is 3.12. The van der Waals surface area contributed by atoms with Gasteiger partial charge in [0.15, 0.2) is 0 Å². The SMILES string of the molecule is [CH2]CCC[CH]C(=O)NCCc1ccc2ccc3cccc4ccc1c2c34. The molecule has 4 rings (SSSR count). The molecule has 0 bridgehead atoms. The fourth-order valence-electron chi connectivity index (χ4n) is 3.78. The molecule has 2 radical (unpaired) electrons. The first-order valence-electron chi connectivity index (χ1n) is 9.33. The van der Waals surface area contributed by atoms with E-state index in [9.17, 15) is 4.79 Å². The normalized spacial score (nSPS) is 11.6. The summed E-state index contributed by atoms with van der Waals surface area (Å²) in [6, 6.07) is 19.7. The van der Waals surface area contributed by atoms with Crippen molar-refractivity contribution in [2.24, 2.45) is 0 Å². The molecule has 0 aromatic heterocycles. The standard InChI is InChI=1S/C24H23NO/c1-2-3-4-8-22(26)25-16-15-17-9-10-20-12-11-18-6-5-7-19-13-14-21(17)24(20)23(18)19/h5-14H,1-4,15-16H2,(H,25,26). The Labute approximate surface area is 154 Å². The Morgan fingerprint density at radius 2 is 1.62 bits per heavy atom. The monoisotopic (exact) mass is 341 g/mol. The molecule has 0 saturated heterocycles. The van der Waals surface area contributed by atoms with Crippen molar-refractivity contribution in [3.63, 3.8) is 0 Å². The molecule has 0 fully saturated rings. The second-order valence-corrected chi connectivity index (χ2v) is 6.82. The number of benzene rings is 4. The average Bonchev–Trinajstić information content (AvgIpc) is 2.67. The van der Waals surface area contributed by atoms with E-state index in [4.69, 9.17) is 0 Å². The maximum Gasteiger partial charge on any atom is 0.223 e. The number of hydrogen-bond acceptors (Lipinski definition) is 1. The van der Waals surface area contributed by atoms with E-state index in [1.807, 2.05) is 0 Å². The van der Waals surface area contributed by atoms with Gasteiger partial charge < -0.3 is 5.32 Å². The Morgan fingerprint density at radius 1 is 0.923 bits per heavy atom. The van der Waals surface area contributed by atoms with Gasteiger partial charge in [0.2, 0.25) is 5.91 Å². The summed E-state index contributed by atoms with van der Waals surface area (Å²) in [5.74, 6) is 0.0242. The molecule has 0 unspecified atom stereocenters. The van der Waals surface area contributed by atoms with E-state index in [0.29, 0.717) is 6.54 Å². The van der Waals surface area contributed by atoms with Gasteiger partial charge >= 0.3 is 0 Å². The number of rotatable bonds is 7. The van der Waals surface area contributed by atoms with E-state index in [-0.39, 0.29) is 5.91 Å². The maximum atomic E-state index is 11.9. The molecule has 2 nitrogen and oxygen atoms in total. The molecule has 0 atom stereocenters. The Balaban J connectivity index is 1.59. The summed E-state index contributed by atoms with van der Waals surface area (Å²) in [7, 11) is 0. The Bertz CT molecular complexity index is 1030. The smallest absolute Gasteiger partial charge is 0.223 e. The lowest BCUT2D eigenvalue weighted by Gasteiger charge is -2.14. The number of carbonyl (C=O) groups excluding carboxylic acids is 1. The highest BCUT2D eigenvalue weighted by molar-refractivity contribution is 6.23. The zero-order valence-electron chi connectivity index (χ0n) is 14.9. The van der Waals surface area contributed by atoms with E-state index in [1.165, 1.54) is 37.9 Å². The molecular formula is C24H23NO. The molecule has 4 aromatic carbocycles. The molecule has 0 heterocycles. The van der Waals surface area contributed by atoms with Crippen molar-refractivity contribution < 1.29 is 4.79 Å². The summed E-state index contributed by atoms with van der Waals surface area (Å²) in [5, 5.41) is 10.8. The Kier molecular flexibility index (Phi) is 4.75. The van der Waals surface area contributed by atoms with Crippen LogP contribution in [0.5, 0.6) is 0 Å². The predicted octanol–water partition coefficient (Wildman–Crippen LogP) is 5.45. The quantitative estimate of drug-likeness (QED) is 0.351. The minimum absolute atomic E-state index is 0.0242. The summed E-state index contributed by atoms with van der Waals surface area (Å²) in [4.78, 5) is 11.9. The lowest BCUT2D eigenvalue weighted by Crippen LogP contribution is -2.25. The van der Waals surface area contributed by atoms with Gasteiger partial charge in [-0.15, -0.1) is 0 Å². The van der Waals surface area contributed by atoms with Crippen molar-refractivity contribution >= 4 is 38.2 Å². The number of nitrogens with one attached hydrogen (secondary N) is 1. The van der Waals surface area contributed by atoms with Gasteiger partial charge in [-0.25, -0.2) is 0 Å². The fourth-order valence-corrected chi connectivity index (χ4v) is 3.78. The molecule has 0 aliphatic heterocycles. The highest BCUT2D eigenvalue weighted by atomic mass is 16.1. The van der Waals surface area contributed by atoms with Crippen LogP contribution in [0.3, 0.4) is 0 Å². The highest BCUT2D eigenvalue weighted by Crippen LogP contribution is 2.35. The highest BCUT2D eigenvalue weighted by Gasteiger charge is 2.10. The number of unbranched alkanes of at least 4 members (excludes halogenated alkanes) is 2. The third-order valence-corrected chi connectivity index (χ3v) is 5.10. The molecule has 1 N–H and O–H groups in total. The second kappa shape index (κ2) is 7.33. The Morgan fingerprint density at radius 3 is 2.38 bits per heavy atom. The lowest BCUT2D eigenvalue weighted by molar-refractivity contribution is -0.117. The van der Waals surface area contributed by atoms with Crippen LogP contribution >= 0.6 is 0 Å². The molecule has 130 valence electrons. The van der Waals surface area contributed by atoms with E-state index in [1.54, 1.807) is 6.42 Å². The zero-order chi connectivity index (χ0) is 17.9. The van der Waals surface area contributed by atoms with Gasteiger partial charge in [-0.05, 0) is 50.7 Å². The molecule has 1 amide bonds. The molecule has 0 aliphatic rings. The topological polar surface area (TPSA) is 29.1 Å². The molecule has 0 saturated carbocycles. The largest absolute Gasteiger partial charge is 0.356 e. The molecule has 4 aromatic rings. The van der Waals surface area contributed by atoms with Crippen LogP contribution in [0.1, 0.15) is 24.8 Å². The first-order chi connectivity index (χ1) is 12.8. The number of carbonyl (C=O) groups is 1. The van der Waals surface area contributed by atoms with Crippen LogP contribution in [0.15, 0.2) is 54.6 Å². The Hall–Kier alpha value is -2.61. The van der Waals surface area contributed by atoms with Crippen molar-refractivity contribution in [2.75, 3.05) is 6.54 Å². The van der Waals surface area contributed by atoms with Crippen LogP contribution in [0, 0.1) is 13.3 Å². The van der Waals surface area contributed by atoms with Crippen LogP contribution < -0.4 is 5.32 Å². The minimum Gasteiger partial charge on any atom is -0.356 e. The number of hydrogen-bond donors (Lipinski definition) is 1. The van der Waals surface area contributed by atoms with Crippen molar-refractivity contribution in [3.05, 3.63) is 73.5 Å². The summed E-state index contributed by atoms with van der Waals surface area (Å²) in [5.41, 5.74) is 1.29. The zero-order valence-corrected chi connectivity index (χ0v) is 14.9. The van der Waals surface area contributed by atoms with Crippen LogP contribution in [0.2, 0.25) is 0 Å². The lowest BCUT2D eigenvalue weighted by atomic mass is 9.91. The van der Waals surface area contributed by atoms with Gasteiger partial charge in [0.1, 0.15) is 0 Å². The van der Waals surface area contributed by atoms with Crippen LogP contribution in [-0.4, -0.2) is 12.5 Å². The van der Waals surface area contributed by atoms with E-state index < -0.39 is 0 Å². The van der Waals surface area contributed by atoms with Crippen molar-refractivity contribution in [2.45, 2.75) is 25.7 Å².